The number of amides is 7. The number of fused-ring (bicyclic) bond motifs is 15. The Balaban J connectivity index is 0.00000411. The van der Waals surface area contributed by atoms with Crippen molar-refractivity contribution < 1.29 is 118 Å². The second-order valence-corrected chi connectivity index (χ2v) is 26.6. The van der Waals surface area contributed by atoms with E-state index in [1.54, 1.807) is 0 Å². The lowest BCUT2D eigenvalue weighted by Crippen LogP contribution is -2.64. The molecule has 18 unspecified atom stereocenters. The van der Waals surface area contributed by atoms with Gasteiger partial charge in [-0.1, -0.05) is 55.2 Å². The zero-order valence-electron chi connectivity index (χ0n) is 55.7. The van der Waals surface area contributed by atoms with Crippen molar-refractivity contribution >= 4 is 70.5 Å². The summed E-state index contributed by atoms with van der Waals surface area (Å²) in [6.07, 6.45) is -18.6. The average Bonchev–Trinajstić information content (AvgIpc) is 0.778. The van der Waals surface area contributed by atoms with Crippen molar-refractivity contribution in [3.05, 3.63) is 133 Å². The first-order valence-electron chi connectivity index (χ1n) is 32.0. The van der Waals surface area contributed by atoms with Crippen molar-refractivity contribution in [2.24, 2.45) is 17.4 Å². The van der Waals surface area contributed by atoms with Crippen LogP contribution in [0, 0.1) is 5.92 Å². The van der Waals surface area contributed by atoms with Gasteiger partial charge in [-0.15, -0.1) is 0 Å². The van der Waals surface area contributed by atoms with Gasteiger partial charge in [-0.25, -0.2) is 4.79 Å². The zero-order chi connectivity index (χ0) is 76.2. The molecular formula is C66H75Cl2N12O24-. The third kappa shape index (κ3) is 17.0. The first kappa shape index (κ1) is 78.3. The van der Waals surface area contributed by atoms with Gasteiger partial charge in [-0.05, 0) is 110 Å². The SMILES string of the molecule is CNC(CC(C)C)C(=O)NC1C(=O)NC(CC(N)=O)C(=O)NC2C(=O)NC3C(=O)NC(C(=O)NC(C(=O)O)c4cc(O)cc(O)c4-c4cc3ccc4O)C(O)c3ccc(c(Cl)c3)Oc3cc2cc(c3OC2OC(CO)C(O)C(O)C2OC2CC(C)(N)C(O)C(C)O2)Oc2ccc(cc2Cl)C1O.[N-]=[N+]=[N-]. The summed E-state index contributed by atoms with van der Waals surface area (Å²) < 4.78 is 38.3. The summed E-state index contributed by atoms with van der Waals surface area (Å²) >= 11 is 14.1. The summed E-state index contributed by atoms with van der Waals surface area (Å²) in [6.45, 7) is 5.66. The van der Waals surface area contributed by atoms with Crippen LogP contribution in [0.25, 0.3) is 27.1 Å². The smallest absolute Gasteiger partial charge is 0.330 e. The number of aliphatic carboxylic acids is 1. The van der Waals surface area contributed by atoms with Gasteiger partial charge >= 0.3 is 5.97 Å². The molecule has 5 aromatic rings. The highest BCUT2D eigenvalue weighted by Gasteiger charge is 2.51. The summed E-state index contributed by atoms with van der Waals surface area (Å²) in [4.78, 5) is 118. The Morgan fingerprint density at radius 1 is 0.731 bits per heavy atom. The molecule has 104 heavy (non-hydrogen) atoms. The predicted molar refractivity (Wildman–Crippen MR) is 359 cm³/mol. The Bertz CT molecular complexity index is 4190. The zero-order valence-corrected chi connectivity index (χ0v) is 57.2. The van der Waals surface area contributed by atoms with E-state index in [2.05, 4.69) is 37.2 Å². The van der Waals surface area contributed by atoms with E-state index in [0.717, 1.165) is 66.7 Å². The molecular weight excluding hydrogens is 1420 g/mol. The van der Waals surface area contributed by atoms with Crippen molar-refractivity contribution in [2.45, 2.75) is 156 Å². The van der Waals surface area contributed by atoms with Crippen LogP contribution in [0.4, 0.5) is 0 Å². The number of carboxylic acid groups (broad SMARTS) is 1. The molecule has 0 radical (unpaired) electrons. The number of phenolic OH excluding ortho intramolecular Hbond substituents is 3. The molecule has 7 aliphatic rings. The molecule has 21 N–H and O–H groups in total. The van der Waals surface area contributed by atoms with Crippen LogP contribution in [0.3, 0.4) is 0 Å². The first-order valence-corrected chi connectivity index (χ1v) is 32.8. The number of hydrogen-bond donors (Lipinski definition) is 19. The van der Waals surface area contributed by atoms with Crippen molar-refractivity contribution in [1.29, 1.82) is 0 Å². The quantitative estimate of drug-likeness (QED) is 0.0444. The van der Waals surface area contributed by atoms with E-state index in [9.17, 15) is 75.0 Å². The number of aliphatic hydroxyl groups excluding tert-OH is 6. The summed E-state index contributed by atoms with van der Waals surface area (Å²) in [5, 5.41) is 131. The number of nitrogens with one attached hydrogen (secondary N) is 7. The molecule has 0 spiro atoms. The second kappa shape index (κ2) is 32.4. The minimum absolute atomic E-state index is 0.0975. The van der Waals surface area contributed by atoms with E-state index in [-0.39, 0.29) is 46.2 Å². The van der Waals surface area contributed by atoms with Crippen LogP contribution in [0.2, 0.25) is 10.0 Å². The molecule has 0 aromatic heterocycles. The fourth-order valence-electron chi connectivity index (χ4n) is 12.5. The van der Waals surface area contributed by atoms with Crippen LogP contribution in [-0.4, -0.2) is 191 Å². The Kier molecular flexibility index (Phi) is 24.4. The van der Waals surface area contributed by atoms with Gasteiger partial charge in [-0.3, -0.25) is 38.5 Å². The first-order chi connectivity index (χ1) is 49.1. The molecule has 2 fully saturated rings. The average molecular weight is 1490 g/mol. The molecule has 0 aliphatic carbocycles. The second-order valence-electron chi connectivity index (χ2n) is 25.8. The summed E-state index contributed by atoms with van der Waals surface area (Å²) in [7, 11) is 1.47. The summed E-state index contributed by atoms with van der Waals surface area (Å²) in [5.41, 5.74) is 21.5. The number of nitrogens with two attached hydrogens (primary N) is 2. The Morgan fingerprint density at radius 3 is 1.88 bits per heavy atom. The van der Waals surface area contributed by atoms with E-state index in [1.807, 2.05) is 13.8 Å². The number of carbonyl (C=O) groups is 8. The molecule has 558 valence electrons. The third-order valence-corrected chi connectivity index (χ3v) is 18.4. The number of phenols is 3. The monoisotopic (exact) mass is 1490 g/mol. The molecule has 5 aromatic carbocycles. The lowest BCUT2D eigenvalue weighted by molar-refractivity contribution is -0.333. The number of carbonyl (C=O) groups excluding carboxylic acids is 7. The Hall–Kier alpha value is -9.89. The number of likely N-dealkylation sites (N-methyl/N-ethyl adjacent to an activating group) is 1. The molecule has 7 aliphatic heterocycles. The number of aliphatic hydroxyl groups is 6. The maximum absolute atomic E-state index is 16.0. The molecule has 7 amide bonds. The maximum atomic E-state index is 16.0. The van der Waals surface area contributed by atoms with Crippen LogP contribution >= 0.6 is 23.2 Å². The Labute approximate surface area is 600 Å². The van der Waals surface area contributed by atoms with Gasteiger partial charge in [0.2, 0.25) is 53.4 Å². The lowest BCUT2D eigenvalue weighted by atomic mass is 9.86. The van der Waals surface area contributed by atoms with Crippen molar-refractivity contribution in [2.75, 3.05) is 13.7 Å². The number of rotatable bonds is 13. The normalized spacial score (nSPS) is 28.7. The topological polar surface area (TPSA) is 589 Å². The van der Waals surface area contributed by atoms with Gasteiger partial charge in [0.15, 0.2) is 29.9 Å². The number of hydrogen-bond acceptors (Lipinski definition) is 25. The number of nitrogens with zero attached hydrogens (tertiary/aromatic N) is 3. The van der Waals surface area contributed by atoms with E-state index in [0.29, 0.717) is 0 Å². The van der Waals surface area contributed by atoms with E-state index in [4.69, 9.17) is 74.2 Å². The van der Waals surface area contributed by atoms with Crippen molar-refractivity contribution in [3.63, 3.8) is 0 Å². The summed E-state index contributed by atoms with van der Waals surface area (Å²) in [6, 6.07) is -0.679. The summed E-state index contributed by atoms with van der Waals surface area (Å²) in [5.74, 6) is -16.0. The lowest BCUT2D eigenvalue weighted by Gasteiger charge is -2.47. The minimum Gasteiger partial charge on any atom is -0.508 e. The maximum Gasteiger partial charge on any atom is 0.330 e. The van der Waals surface area contributed by atoms with E-state index >= 15 is 14.4 Å². The van der Waals surface area contributed by atoms with E-state index in [1.165, 1.54) is 37.9 Å². The molecule has 11 bridgehead atoms. The van der Waals surface area contributed by atoms with Crippen LogP contribution in [0.15, 0.2) is 78.9 Å². The highest BCUT2D eigenvalue weighted by atomic mass is 35.5. The fraction of sp³-hybridized carbons (Fsp3) is 0.424. The van der Waals surface area contributed by atoms with Crippen LogP contribution in [-0.2, 0) is 52.6 Å². The highest BCUT2D eigenvalue weighted by molar-refractivity contribution is 6.32. The minimum atomic E-state index is -2.35. The third-order valence-electron chi connectivity index (χ3n) is 17.8. The van der Waals surface area contributed by atoms with Crippen LogP contribution in [0.5, 0.6) is 46.0 Å². The van der Waals surface area contributed by atoms with Gasteiger partial charge in [0.05, 0.1) is 41.3 Å². The molecule has 18 atom stereocenters. The molecule has 38 heteroatoms. The number of halogens is 2. The molecule has 7 heterocycles. The van der Waals surface area contributed by atoms with Crippen LogP contribution < -0.4 is 62.9 Å². The molecule has 2 saturated heterocycles. The van der Waals surface area contributed by atoms with Gasteiger partial charge in [0.25, 0.3) is 0 Å². The van der Waals surface area contributed by atoms with Crippen molar-refractivity contribution in [3.8, 4) is 57.1 Å². The molecule has 36 nitrogen and oxygen atoms in total. The number of benzene rings is 5. The van der Waals surface area contributed by atoms with Crippen LogP contribution in [0.1, 0.15) is 105 Å². The van der Waals surface area contributed by atoms with Gasteiger partial charge in [0, 0.05) is 34.7 Å². The molecule has 0 saturated carbocycles. The number of ether oxygens (including phenoxy) is 6. The van der Waals surface area contributed by atoms with Gasteiger partial charge < -0.3 is 139 Å². The predicted octanol–water partition coefficient (Wildman–Crippen LogP) is 0.972. The van der Waals surface area contributed by atoms with Gasteiger partial charge in [-0.2, -0.15) is 0 Å². The number of aromatic hydroxyl groups is 3. The highest BCUT2D eigenvalue weighted by Crippen LogP contribution is 2.50. The number of carboxylic acids is 1. The van der Waals surface area contributed by atoms with E-state index < -0.39 is 237 Å². The standard InChI is InChI=1S/C66H75Cl2N9O24.N3/c1-23(2)12-34(71-5)58(88)76-49-51(83)26-7-10-38(32(67)14-26)97-40-16-28-17-41(55(40)101-65-56(54(86)53(85)42(22-78)99-65)100-44-21-66(4,70)57(87)24(3)96-44)98-39-11-8-27(15-33(39)68)52(84)50-63(93)75-48(64(94)95)31-18-29(79)19-37(81)45(31)30-13-25(6-9-36(30)80)46(60(90)77-50)74-61(91)47(28)73-59(89)35(20-43(69)82)72-62(49)92;1-3-2/h6-11,13-19,23-24,34-35,42,44,46-54,56-57,65,71,78-81,83-87H,12,20-22,70H2,1-5H3,(H2,69,82)(H,72,92)(H,73,89)(H,74,91)(H,75,93)(H,76,88)(H,77,90)(H,94,95);/q;-1. The molecule has 12 rings (SSSR count). The largest absolute Gasteiger partial charge is 0.508 e. The number of primary amides is 1. The van der Waals surface area contributed by atoms with Gasteiger partial charge in [0.1, 0.15) is 89.5 Å². The van der Waals surface area contributed by atoms with Crippen molar-refractivity contribution in [1.82, 2.24) is 37.2 Å². The Morgan fingerprint density at radius 2 is 1.32 bits per heavy atom. The fourth-order valence-corrected chi connectivity index (χ4v) is 12.9.